The average Bonchev–Trinajstić information content (AvgIpc) is 2.67. The maximum Gasteiger partial charge on any atom is 0.337 e. The number of Topliss-reactive ketones (excluding diaryl/α,β-unsaturated/α-hetero) is 1. The quantitative estimate of drug-likeness (QED) is 0.788. The summed E-state index contributed by atoms with van der Waals surface area (Å²) >= 11 is 0. The van der Waals surface area contributed by atoms with Crippen LogP contribution in [-0.2, 0) is 6.42 Å². The number of aromatic carboxylic acids is 1. The summed E-state index contributed by atoms with van der Waals surface area (Å²) in [5.41, 5.74) is 2.37. The molecule has 0 amide bonds. The first-order valence-electron chi connectivity index (χ1n) is 5.58. The summed E-state index contributed by atoms with van der Waals surface area (Å²) in [7, 11) is 0. The van der Waals surface area contributed by atoms with E-state index in [0.717, 1.165) is 23.9 Å². The Morgan fingerprint density at radius 2 is 2.12 bits per heavy atom. The molecule has 0 fully saturated rings. The van der Waals surface area contributed by atoms with Gasteiger partial charge in [0.05, 0.1) is 11.1 Å². The lowest BCUT2D eigenvalue weighted by Gasteiger charge is -2.09. The molecule has 1 aromatic carbocycles. The van der Waals surface area contributed by atoms with Crippen molar-refractivity contribution in [1.29, 1.82) is 0 Å². The van der Waals surface area contributed by atoms with Crippen LogP contribution >= 0.6 is 0 Å². The molecule has 3 rings (SSSR count). The van der Waals surface area contributed by atoms with Crippen molar-refractivity contribution in [2.24, 2.45) is 0 Å². The SMILES string of the molecule is O=C1CCCc2[nH]c3c(C(=O)O)cccc3c21. The molecule has 1 aliphatic carbocycles. The van der Waals surface area contributed by atoms with E-state index in [2.05, 4.69) is 4.98 Å². The number of carbonyl (C=O) groups excluding carboxylic acids is 1. The van der Waals surface area contributed by atoms with Crippen molar-refractivity contribution in [3.05, 3.63) is 35.0 Å². The summed E-state index contributed by atoms with van der Waals surface area (Å²) in [6, 6.07) is 5.04. The first-order chi connectivity index (χ1) is 8.18. The third kappa shape index (κ3) is 1.37. The Bertz CT molecular complexity index is 639. The van der Waals surface area contributed by atoms with E-state index in [-0.39, 0.29) is 11.3 Å². The molecule has 0 aliphatic heterocycles. The van der Waals surface area contributed by atoms with Crippen LogP contribution in [0.4, 0.5) is 0 Å². The summed E-state index contributed by atoms with van der Waals surface area (Å²) in [6.07, 6.45) is 2.20. The maximum absolute atomic E-state index is 11.9. The molecule has 86 valence electrons. The molecular formula is C13H11NO3. The molecule has 4 heteroatoms. The van der Waals surface area contributed by atoms with Crippen molar-refractivity contribution in [2.45, 2.75) is 19.3 Å². The third-order valence-corrected chi connectivity index (χ3v) is 3.25. The molecule has 0 atom stereocenters. The van der Waals surface area contributed by atoms with Gasteiger partial charge in [0.15, 0.2) is 5.78 Å². The second kappa shape index (κ2) is 3.45. The third-order valence-electron chi connectivity index (χ3n) is 3.25. The fourth-order valence-electron chi connectivity index (χ4n) is 2.51. The second-order valence-electron chi connectivity index (χ2n) is 4.29. The summed E-state index contributed by atoms with van der Waals surface area (Å²) in [5, 5.41) is 9.85. The average molecular weight is 229 g/mol. The van der Waals surface area contributed by atoms with E-state index in [0.29, 0.717) is 17.5 Å². The number of ketones is 1. The molecule has 17 heavy (non-hydrogen) atoms. The predicted octanol–water partition coefficient (Wildman–Crippen LogP) is 2.39. The molecule has 0 unspecified atom stereocenters. The number of para-hydroxylation sites is 1. The van der Waals surface area contributed by atoms with E-state index in [4.69, 9.17) is 5.11 Å². The van der Waals surface area contributed by atoms with E-state index < -0.39 is 5.97 Å². The van der Waals surface area contributed by atoms with Gasteiger partial charge in [-0.25, -0.2) is 4.79 Å². The number of carboxylic acid groups (broad SMARTS) is 1. The molecule has 1 aliphatic rings. The van der Waals surface area contributed by atoms with E-state index in [1.165, 1.54) is 0 Å². The van der Waals surface area contributed by atoms with Crippen LogP contribution in [0.3, 0.4) is 0 Å². The fraction of sp³-hybridized carbons (Fsp3) is 0.231. The van der Waals surface area contributed by atoms with Gasteiger partial charge in [-0.15, -0.1) is 0 Å². The molecule has 4 nitrogen and oxygen atoms in total. The largest absolute Gasteiger partial charge is 0.478 e. The molecule has 1 heterocycles. The smallest absolute Gasteiger partial charge is 0.337 e. The molecule has 0 saturated heterocycles. The molecule has 1 aromatic heterocycles. The number of aromatic nitrogens is 1. The van der Waals surface area contributed by atoms with Crippen molar-refractivity contribution < 1.29 is 14.7 Å². The zero-order chi connectivity index (χ0) is 12.0. The lowest BCUT2D eigenvalue weighted by molar-refractivity contribution is 0.0698. The van der Waals surface area contributed by atoms with Gasteiger partial charge in [0.2, 0.25) is 0 Å². The highest BCUT2D eigenvalue weighted by molar-refractivity contribution is 6.13. The Hall–Kier alpha value is -2.10. The van der Waals surface area contributed by atoms with Crippen LogP contribution in [0, 0.1) is 0 Å². The number of benzene rings is 1. The van der Waals surface area contributed by atoms with Crippen LogP contribution in [-0.4, -0.2) is 21.8 Å². The van der Waals surface area contributed by atoms with Crippen LogP contribution in [0.25, 0.3) is 10.9 Å². The Balaban J connectivity index is 2.38. The summed E-state index contributed by atoms with van der Waals surface area (Å²) in [5.74, 6) is -0.860. The number of nitrogens with one attached hydrogen (secondary N) is 1. The van der Waals surface area contributed by atoms with Crippen LogP contribution in [0.5, 0.6) is 0 Å². The molecule has 0 radical (unpaired) electrons. The summed E-state index contributed by atoms with van der Waals surface area (Å²) < 4.78 is 0. The Morgan fingerprint density at radius 1 is 1.29 bits per heavy atom. The van der Waals surface area contributed by atoms with E-state index in [9.17, 15) is 9.59 Å². The second-order valence-corrected chi connectivity index (χ2v) is 4.29. The van der Waals surface area contributed by atoms with Crippen molar-refractivity contribution in [2.75, 3.05) is 0 Å². The maximum atomic E-state index is 11.9. The lowest BCUT2D eigenvalue weighted by atomic mass is 9.94. The van der Waals surface area contributed by atoms with Crippen molar-refractivity contribution in [1.82, 2.24) is 4.98 Å². The minimum absolute atomic E-state index is 0.111. The van der Waals surface area contributed by atoms with Gasteiger partial charge in [0.25, 0.3) is 0 Å². The highest BCUT2D eigenvalue weighted by Crippen LogP contribution is 2.30. The first kappa shape index (κ1) is 10.1. The number of carbonyl (C=O) groups is 2. The Labute approximate surface area is 97.3 Å². The zero-order valence-corrected chi connectivity index (χ0v) is 9.12. The van der Waals surface area contributed by atoms with Gasteiger partial charge in [-0.1, -0.05) is 12.1 Å². The van der Waals surface area contributed by atoms with Crippen molar-refractivity contribution in [3.8, 4) is 0 Å². The normalized spacial score (nSPS) is 14.9. The molecule has 0 spiro atoms. The number of aryl methyl sites for hydroxylation is 1. The van der Waals surface area contributed by atoms with Gasteiger partial charge in [0.1, 0.15) is 0 Å². The molecule has 2 N–H and O–H groups in total. The number of fused-ring (bicyclic) bond motifs is 3. The monoisotopic (exact) mass is 229 g/mol. The first-order valence-corrected chi connectivity index (χ1v) is 5.58. The van der Waals surface area contributed by atoms with Gasteiger partial charge in [-0.2, -0.15) is 0 Å². The van der Waals surface area contributed by atoms with Crippen LogP contribution in [0.2, 0.25) is 0 Å². The number of H-pyrrole nitrogens is 1. The number of rotatable bonds is 1. The van der Waals surface area contributed by atoms with Crippen LogP contribution in [0.15, 0.2) is 18.2 Å². The van der Waals surface area contributed by atoms with E-state index in [1.54, 1.807) is 18.2 Å². The minimum Gasteiger partial charge on any atom is -0.478 e. The molecular weight excluding hydrogens is 218 g/mol. The van der Waals surface area contributed by atoms with E-state index >= 15 is 0 Å². The standard InChI is InChI=1S/C13H11NO3/c15-10-6-2-5-9-11(10)7-3-1-4-8(13(16)17)12(7)14-9/h1,3-4,14H,2,5-6H2,(H,16,17). The van der Waals surface area contributed by atoms with Gasteiger partial charge in [-0.3, -0.25) is 4.79 Å². The van der Waals surface area contributed by atoms with Gasteiger partial charge in [0, 0.05) is 23.1 Å². The topological polar surface area (TPSA) is 70.2 Å². The highest BCUT2D eigenvalue weighted by atomic mass is 16.4. The lowest BCUT2D eigenvalue weighted by Crippen LogP contribution is -2.08. The Morgan fingerprint density at radius 3 is 2.88 bits per heavy atom. The molecule has 0 bridgehead atoms. The predicted molar refractivity (Wildman–Crippen MR) is 62.5 cm³/mol. The Kier molecular flexibility index (Phi) is 2.04. The number of aromatic amines is 1. The van der Waals surface area contributed by atoms with Gasteiger partial charge < -0.3 is 10.1 Å². The van der Waals surface area contributed by atoms with Crippen molar-refractivity contribution in [3.63, 3.8) is 0 Å². The van der Waals surface area contributed by atoms with Crippen LogP contribution < -0.4 is 0 Å². The number of hydrogen-bond acceptors (Lipinski definition) is 2. The van der Waals surface area contributed by atoms with E-state index in [1.807, 2.05) is 0 Å². The zero-order valence-electron chi connectivity index (χ0n) is 9.12. The molecule has 2 aromatic rings. The summed E-state index contributed by atoms with van der Waals surface area (Å²) in [6.45, 7) is 0. The van der Waals surface area contributed by atoms with Gasteiger partial charge in [-0.05, 0) is 18.9 Å². The fourth-order valence-corrected chi connectivity index (χ4v) is 2.51. The van der Waals surface area contributed by atoms with Crippen LogP contribution in [0.1, 0.15) is 39.3 Å². The minimum atomic E-state index is -0.971. The highest BCUT2D eigenvalue weighted by Gasteiger charge is 2.24. The van der Waals surface area contributed by atoms with Gasteiger partial charge >= 0.3 is 5.97 Å². The summed E-state index contributed by atoms with van der Waals surface area (Å²) in [4.78, 5) is 26.1. The number of carboxylic acids is 1. The van der Waals surface area contributed by atoms with Crippen molar-refractivity contribution >= 4 is 22.7 Å². The number of hydrogen-bond donors (Lipinski definition) is 2. The molecule has 0 saturated carbocycles.